The largest absolute Gasteiger partial charge is 0.496 e. The molecule has 0 bridgehead atoms. The molecule has 1 amide bonds. The summed E-state index contributed by atoms with van der Waals surface area (Å²) in [6.07, 6.45) is 4.48. The molecule has 1 N–H and O–H groups in total. The second kappa shape index (κ2) is 10.0. The number of benzene rings is 2. The average Bonchev–Trinajstić information content (AvgIpc) is 3.28. The number of ether oxygens (including phenoxy) is 2. The highest BCUT2D eigenvalue weighted by Gasteiger charge is 2.42. The number of hydrogen-bond acceptors (Lipinski definition) is 4. The Morgan fingerprint density at radius 2 is 2.06 bits per heavy atom. The Balaban J connectivity index is 1.45. The number of halogens is 1. The zero-order valence-electron chi connectivity index (χ0n) is 19.0. The van der Waals surface area contributed by atoms with Crippen LogP contribution in [0.3, 0.4) is 0 Å². The summed E-state index contributed by atoms with van der Waals surface area (Å²) in [6, 6.07) is 12.4. The zero-order valence-corrected chi connectivity index (χ0v) is 19.0. The highest BCUT2D eigenvalue weighted by molar-refractivity contribution is 5.86. The molecular weight excluding hydrogens is 407 g/mol. The van der Waals surface area contributed by atoms with Gasteiger partial charge in [0.15, 0.2) is 5.60 Å². The first kappa shape index (κ1) is 22.7. The Morgan fingerprint density at radius 3 is 2.75 bits per heavy atom. The molecule has 2 aromatic rings. The summed E-state index contributed by atoms with van der Waals surface area (Å²) in [4.78, 5) is 15.5. The maximum atomic E-state index is 13.8. The van der Waals surface area contributed by atoms with Crippen LogP contribution in [-0.2, 0) is 16.0 Å². The van der Waals surface area contributed by atoms with Gasteiger partial charge in [0.25, 0.3) is 5.91 Å². The fourth-order valence-electron chi connectivity index (χ4n) is 4.97. The van der Waals surface area contributed by atoms with Crippen LogP contribution >= 0.6 is 0 Å². The van der Waals surface area contributed by atoms with Crippen molar-refractivity contribution in [1.82, 2.24) is 10.2 Å². The molecule has 0 radical (unpaired) electrons. The highest BCUT2D eigenvalue weighted by atomic mass is 19.1. The fraction of sp³-hybridized carbons (Fsp3) is 0.500. The summed E-state index contributed by atoms with van der Waals surface area (Å²) in [5.41, 5.74) is 1.80. The third-order valence-corrected chi connectivity index (χ3v) is 6.71. The first-order chi connectivity index (χ1) is 15.5. The van der Waals surface area contributed by atoms with E-state index in [4.69, 9.17) is 9.47 Å². The number of carbonyl (C=O) groups excluding carboxylic acids is 1. The number of hydrogen-bond donors (Lipinski definition) is 1. The summed E-state index contributed by atoms with van der Waals surface area (Å²) in [5, 5.41) is 3.19. The molecule has 0 spiro atoms. The molecule has 2 aliphatic heterocycles. The SMILES string of the molecule is COc1ccc(F)cc1-c1ccc(CC2(C(=O)NCC3CCCN(C)C3)CCCO2)cc1. The number of nitrogens with zero attached hydrogens (tertiary/aromatic N) is 1. The topological polar surface area (TPSA) is 50.8 Å². The summed E-state index contributed by atoms with van der Waals surface area (Å²) in [5.74, 6) is 0.822. The van der Waals surface area contributed by atoms with E-state index in [9.17, 15) is 9.18 Å². The molecule has 2 aromatic carbocycles. The van der Waals surface area contributed by atoms with E-state index in [1.807, 2.05) is 24.3 Å². The summed E-state index contributed by atoms with van der Waals surface area (Å²) in [6.45, 7) is 3.47. The molecule has 0 aromatic heterocycles. The predicted octanol–water partition coefficient (Wildman–Crippen LogP) is 4.05. The number of methoxy groups -OCH3 is 1. The van der Waals surface area contributed by atoms with Gasteiger partial charge in [0.2, 0.25) is 0 Å². The Kier molecular flexibility index (Phi) is 7.11. The van der Waals surface area contributed by atoms with Crippen LogP contribution in [0.2, 0.25) is 0 Å². The van der Waals surface area contributed by atoms with Gasteiger partial charge in [0.05, 0.1) is 7.11 Å². The smallest absolute Gasteiger partial charge is 0.252 e. The van der Waals surface area contributed by atoms with E-state index in [-0.39, 0.29) is 11.7 Å². The van der Waals surface area contributed by atoms with Crippen molar-refractivity contribution in [1.29, 1.82) is 0 Å². The third kappa shape index (κ3) is 5.13. The third-order valence-electron chi connectivity index (χ3n) is 6.71. The molecule has 32 heavy (non-hydrogen) atoms. The lowest BCUT2D eigenvalue weighted by Crippen LogP contribution is -2.50. The van der Waals surface area contributed by atoms with Crippen molar-refractivity contribution < 1.29 is 18.7 Å². The summed E-state index contributed by atoms with van der Waals surface area (Å²) < 4.78 is 25.2. The molecule has 2 saturated heterocycles. The van der Waals surface area contributed by atoms with Gasteiger partial charge in [-0.15, -0.1) is 0 Å². The molecule has 2 heterocycles. The van der Waals surface area contributed by atoms with Gasteiger partial charge in [-0.1, -0.05) is 24.3 Å². The van der Waals surface area contributed by atoms with Gasteiger partial charge in [-0.25, -0.2) is 4.39 Å². The van der Waals surface area contributed by atoms with Crippen LogP contribution in [0.15, 0.2) is 42.5 Å². The van der Waals surface area contributed by atoms with E-state index in [1.165, 1.54) is 18.6 Å². The van der Waals surface area contributed by atoms with Crippen molar-refractivity contribution in [3.63, 3.8) is 0 Å². The van der Waals surface area contributed by atoms with E-state index in [0.29, 0.717) is 36.8 Å². The Labute approximate surface area is 189 Å². The zero-order chi connectivity index (χ0) is 22.6. The van der Waals surface area contributed by atoms with Crippen molar-refractivity contribution in [3.8, 4) is 16.9 Å². The molecule has 0 saturated carbocycles. The lowest BCUT2D eigenvalue weighted by molar-refractivity contribution is -0.141. The molecule has 2 atom stereocenters. The van der Waals surface area contributed by atoms with E-state index < -0.39 is 5.60 Å². The Morgan fingerprint density at radius 1 is 1.25 bits per heavy atom. The lowest BCUT2D eigenvalue weighted by atomic mass is 9.89. The van der Waals surface area contributed by atoms with Crippen molar-refractivity contribution in [3.05, 3.63) is 53.8 Å². The normalized spacial score (nSPS) is 23.8. The highest BCUT2D eigenvalue weighted by Crippen LogP contribution is 2.33. The van der Waals surface area contributed by atoms with Crippen molar-refractivity contribution in [2.45, 2.75) is 37.7 Å². The Hall–Kier alpha value is -2.44. The van der Waals surface area contributed by atoms with E-state index in [2.05, 4.69) is 17.3 Å². The molecule has 2 fully saturated rings. The van der Waals surface area contributed by atoms with E-state index in [0.717, 1.165) is 43.5 Å². The first-order valence-electron chi connectivity index (χ1n) is 11.5. The number of amides is 1. The number of likely N-dealkylation sites (tertiary alicyclic amines) is 1. The summed E-state index contributed by atoms with van der Waals surface area (Å²) >= 11 is 0. The standard InChI is InChI=1S/C26H33FN2O3/c1-29-13-3-5-20(18-29)17-28-25(30)26(12-4-14-32-26)16-19-6-8-21(9-7-19)23-15-22(27)10-11-24(23)31-2/h6-11,15,20H,3-5,12-14,16-18H2,1-2H3,(H,28,30). The number of rotatable bonds is 7. The van der Waals surface area contributed by atoms with E-state index >= 15 is 0 Å². The molecule has 2 unspecified atom stereocenters. The number of nitrogens with one attached hydrogen (secondary N) is 1. The van der Waals surface area contributed by atoms with Crippen LogP contribution in [-0.4, -0.2) is 56.8 Å². The predicted molar refractivity (Wildman–Crippen MR) is 123 cm³/mol. The van der Waals surface area contributed by atoms with Gasteiger partial charge in [-0.05, 0) is 74.5 Å². The van der Waals surface area contributed by atoms with Crippen molar-refractivity contribution in [2.75, 3.05) is 40.4 Å². The average molecular weight is 441 g/mol. The van der Waals surface area contributed by atoms with Crippen LogP contribution in [0.25, 0.3) is 11.1 Å². The Bertz CT molecular complexity index is 925. The minimum Gasteiger partial charge on any atom is -0.496 e. The first-order valence-corrected chi connectivity index (χ1v) is 11.5. The van der Waals surface area contributed by atoms with Gasteiger partial charge >= 0.3 is 0 Å². The number of carbonyl (C=O) groups is 1. The van der Waals surface area contributed by atoms with Gasteiger partial charge in [0, 0.05) is 31.7 Å². The maximum absolute atomic E-state index is 13.8. The van der Waals surface area contributed by atoms with Gasteiger partial charge < -0.3 is 19.7 Å². The van der Waals surface area contributed by atoms with Gasteiger partial charge in [-0.2, -0.15) is 0 Å². The van der Waals surface area contributed by atoms with Crippen LogP contribution < -0.4 is 10.1 Å². The maximum Gasteiger partial charge on any atom is 0.252 e. The molecule has 5 nitrogen and oxygen atoms in total. The summed E-state index contributed by atoms with van der Waals surface area (Å²) in [7, 11) is 3.72. The fourth-order valence-corrected chi connectivity index (χ4v) is 4.97. The molecule has 2 aliphatic rings. The van der Waals surface area contributed by atoms with Crippen molar-refractivity contribution >= 4 is 5.91 Å². The van der Waals surface area contributed by atoms with E-state index in [1.54, 1.807) is 13.2 Å². The second-order valence-electron chi connectivity index (χ2n) is 9.15. The van der Waals surface area contributed by atoms with Crippen LogP contribution in [0.1, 0.15) is 31.2 Å². The van der Waals surface area contributed by atoms with Crippen molar-refractivity contribution in [2.24, 2.45) is 5.92 Å². The lowest BCUT2D eigenvalue weighted by Gasteiger charge is -2.32. The molecular formula is C26H33FN2O3. The minimum absolute atomic E-state index is 0.000831. The van der Waals surface area contributed by atoms with Gasteiger partial charge in [-0.3, -0.25) is 4.79 Å². The van der Waals surface area contributed by atoms with Crippen LogP contribution in [0.5, 0.6) is 5.75 Å². The second-order valence-corrected chi connectivity index (χ2v) is 9.15. The van der Waals surface area contributed by atoms with Gasteiger partial charge in [0.1, 0.15) is 11.6 Å². The van der Waals surface area contributed by atoms with Crippen LogP contribution in [0, 0.1) is 11.7 Å². The monoisotopic (exact) mass is 440 g/mol. The van der Waals surface area contributed by atoms with Crippen LogP contribution in [0.4, 0.5) is 4.39 Å². The number of piperidine rings is 1. The molecule has 0 aliphatic carbocycles. The molecule has 172 valence electrons. The minimum atomic E-state index is -0.807. The quantitative estimate of drug-likeness (QED) is 0.706. The molecule has 4 rings (SSSR count). The molecule has 6 heteroatoms.